The van der Waals surface area contributed by atoms with Gasteiger partial charge in [-0.05, 0) is 37.3 Å². The van der Waals surface area contributed by atoms with Crippen LogP contribution in [-0.4, -0.2) is 40.6 Å². The molecular formula is C25H20N10O. The number of hydrogen-bond donors (Lipinski definition) is 2. The molecule has 0 saturated heterocycles. The maximum Gasteiger partial charge on any atom is 0.274 e. The predicted molar refractivity (Wildman–Crippen MR) is 132 cm³/mol. The van der Waals surface area contributed by atoms with Crippen molar-refractivity contribution in [2.45, 2.75) is 13.0 Å². The van der Waals surface area contributed by atoms with E-state index in [0.29, 0.717) is 22.8 Å². The summed E-state index contributed by atoms with van der Waals surface area (Å²) in [7, 11) is 1.80. The van der Waals surface area contributed by atoms with Crippen LogP contribution in [0.3, 0.4) is 0 Å². The van der Waals surface area contributed by atoms with Gasteiger partial charge in [0.05, 0.1) is 22.9 Å². The number of hydrogen-bond acceptors (Lipinski definition) is 9. The first-order valence-electron chi connectivity index (χ1n) is 11.0. The van der Waals surface area contributed by atoms with E-state index in [1.807, 2.05) is 36.4 Å². The number of benzene rings is 1. The molecule has 5 aromatic rings. The predicted octanol–water partition coefficient (Wildman–Crippen LogP) is 2.83. The number of nitrogens with two attached hydrogens (primary N) is 1. The number of nitrogen functional groups attached to an aromatic ring is 1. The first-order valence-corrected chi connectivity index (χ1v) is 11.0. The highest BCUT2D eigenvalue weighted by Crippen LogP contribution is 2.31. The molecule has 0 bridgehead atoms. The minimum absolute atomic E-state index is 0.0145. The Bertz CT molecular complexity index is 1650. The van der Waals surface area contributed by atoms with Gasteiger partial charge in [-0.2, -0.15) is 10.4 Å². The summed E-state index contributed by atoms with van der Waals surface area (Å²) in [4.78, 5) is 34.8. The highest BCUT2D eigenvalue weighted by atomic mass is 16.2. The molecule has 1 amide bonds. The van der Waals surface area contributed by atoms with Gasteiger partial charge >= 0.3 is 0 Å². The lowest BCUT2D eigenvalue weighted by Crippen LogP contribution is -2.29. The SMILES string of the molecule is CC(NC(=O)c1nc(-c2ccc3ncccc3c2)c(-c2ccn(C)n2)nc1N)c1ccnc(C#N)n1. The lowest BCUT2D eigenvalue weighted by Gasteiger charge is -2.15. The van der Waals surface area contributed by atoms with Crippen molar-refractivity contribution in [3.63, 3.8) is 0 Å². The number of nitriles is 1. The van der Waals surface area contributed by atoms with E-state index in [-0.39, 0.29) is 17.3 Å². The van der Waals surface area contributed by atoms with Crippen molar-refractivity contribution >= 4 is 22.6 Å². The highest BCUT2D eigenvalue weighted by molar-refractivity contribution is 5.98. The third-order valence-electron chi connectivity index (χ3n) is 5.54. The minimum atomic E-state index is -0.528. The van der Waals surface area contributed by atoms with Crippen LogP contribution >= 0.6 is 0 Å². The number of nitrogens with one attached hydrogen (secondary N) is 1. The van der Waals surface area contributed by atoms with Crippen molar-refractivity contribution in [1.82, 2.24) is 40.0 Å². The third kappa shape index (κ3) is 4.30. The topological polar surface area (TPSA) is 161 Å². The molecule has 1 atom stereocenters. The molecule has 0 aliphatic heterocycles. The Hall–Kier alpha value is -5.24. The van der Waals surface area contributed by atoms with Crippen LogP contribution in [0.25, 0.3) is 33.5 Å². The molecule has 11 heteroatoms. The van der Waals surface area contributed by atoms with Gasteiger partial charge in [0.25, 0.3) is 5.91 Å². The molecule has 0 saturated carbocycles. The van der Waals surface area contributed by atoms with E-state index in [4.69, 9.17) is 11.0 Å². The van der Waals surface area contributed by atoms with Crippen LogP contribution in [0.15, 0.2) is 61.1 Å². The van der Waals surface area contributed by atoms with E-state index in [0.717, 1.165) is 16.5 Å². The van der Waals surface area contributed by atoms with Gasteiger partial charge in [0.15, 0.2) is 11.5 Å². The summed E-state index contributed by atoms with van der Waals surface area (Å²) in [5.41, 5.74) is 9.72. The first kappa shape index (κ1) is 22.5. The molecule has 4 aromatic heterocycles. The zero-order valence-electron chi connectivity index (χ0n) is 19.4. The second-order valence-electron chi connectivity index (χ2n) is 8.05. The van der Waals surface area contributed by atoms with Crippen LogP contribution in [0.2, 0.25) is 0 Å². The van der Waals surface area contributed by atoms with Gasteiger partial charge in [-0.25, -0.2) is 19.9 Å². The average Bonchev–Trinajstić information content (AvgIpc) is 3.34. The Labute approximate surface area is 205 Å². The number of carbonyl (C=O) groups is 1. The monoisotopic (exact) mass is 476 g/mol. The lowest BCUT2D eigenvalue weighted by molar-refractivity contribution is 0.0935. The molecule has 0 radical (unpaired) electrons. The highest BCUT2D eigenvalue weighted by Gasteiger charge is 2.23. The van der Waals surface area contributed by atoms with Gasteiger partial charge in [-0.3, -0.25) is 14.5 Å². The van der Waals surface area contributed by atoms with Crippen molar-refractivity contribution < 1.29 is 4.79 Å². The van der Waals surface area contributed by atoms with Crippen LogP contribution in [0.1, 0.15) is 35.0 Å². The zero-order valence-corrected chi connectivity index (χ0v) is 19.4. The largest absolute Gasteiger partial charge is 0.382 e. The molecule has 3 N–H and O–H groups in total. The number of rotatable bonds is 5. The second kappa shape index (κ2) is 9.19. The second-order valence-corrected chi connectivity index (χ2v) is 8.05. The van der Waals surface area contributed by atoms with Gasteiger partial charge in [0.2, 0.25) is 5.82 Å². The van der Waals surface area contributed by atoms with Gasteiger partial charge in [0, 0.05) is 36.6 Å². The number of aromatic nitrogens is 7. The van der Waals surface area contributed by atoms with Gasteiger partial charge in [-0.1, -0.05) is 12.1 Å². The fourth-order valence-corrected chi connectivity index (χ4v) is 3.77. The van der Waals surface area contributed by atoms with Crippen molar-refractivity contribution in [3.05, 3.63) is 78.3 Å². The Morgan fingerprint density at radius 1 is 1.08 bits per heavy atom. The van der Waals surface area contributed by atoms with E-state index in [2.05, 4.69) is 35.3 Å². The molecular weight excluding hydrogens is 456 g/mol. The van der Waals surface area contributed by atoms with E-state index < -0.39 is 11.9 Å². The van der Waals surface area contributed by atoms with Crippen LogP contribution < -0.4 is 11.1 Å². The summed E-state index contributed by atoms with van der Waals surface area (Å²) in [5.74, 6) is -0.548. The van der Waals surface area contributed by atoms with Gasteiger partial charge in [-0.15, -0.1) is 0 Å². The van der Waals surface area contributed by atoms with Gasteiger partial charge < -0.3 is 11.1 Å². The number of nitrogens with zero attached hydrogens (tertiary/aromatic N) is 8. The van der Waals surface area contributed by atoms with E-state index in [1.54, 1.807) is 43.2 Å². The number of carbonyl (C=O) groups excluding carboxylic acids is 1. The van der Waals surface area contributed by atoms with Crippen LogP contribution in [0.5, 0.6) is 0 Å². The lowest BCUT2D eigenvalue weighted by atomic mass is 10.0. The Balaban J connectivity index is 1.58. The fourth-order valence-electron chi connectivity index (χ4n) is 3.77. The zero-order chi connectivity index (χ0) is 25.2. The number of anilines is 1. The molecule has 0 aliphatic rings. The van der Waals surface area contributed by atoms with Crippen LogP contribution in [0, 0.1) is 11.3 Å². The Kier molecular flexibility index (Phi) is 5.75. The molecule has 1 aromatic carbocycles. The molecule has 0 aliphatic carbocycles. The summed E-state index contributed by atoms with van der Waals surface area (Å²) < 4.78 is 1.65. The number of fused-ring (bicyclic) bond motifs is 1. The molecule has 0 fully saturated rings. The molecule has 11 nitrogen and oxygen atoms in total. The van der Waals surface area contributed by atoms with Crippen LogP contribution in [0.4, 0.5) is 5.82 Å². The van der Waals surface area contributed by atoms with E-state index in [9.17, 15) is 4.79 Å². The molecule has 36 heavy (non-hydrogen) atoms. The van der Waals surface area contributed by atoms with E-state index >= 15 is 0 Å². The fraction of sp³-hybridized carbons (Fsp3) is 0.120. The first-order chi connectivity index (χ1) is 17.4. The van der Waals surface area contributed by atoms with Crippen LogP contribution in [-0.2, 0) is 7.05 Å². The van der Waals surface area contributed by atoms with Crippen molar-refractivity contribution in [3.8, 4) is 28.7 Å². The van der Waals surface area contributed by atoms with Gasteiger partial charge in [0.1, 0.15) is 17.5 Å². The third-order valence-corrected chi connectivity index (χ3v) is 5.54. The summed E-state index contributed by atoms with van der Waals surface area (Å²) in [6.07, 6.45) is 4.98. The summed E-state index contributed by atoms with van der Waals surface area (Å²) >= 11 is 0. The van der Waals surface area contributed by atoms with Crippen molar-refractivity contribution in [2.24, 2.45) is 7.05 Å². The summed E-state index contributed by atoms with van der Waals surface area (Å²) in [6, 6.07) is 14.3. The average molecular weight is 477 g/mol. The maximum atomic E-state index is 13.2. The van der Waals surface area contributed by atoms with Crippen molar-refractivity contribution in [2.75, 3.05) is 5.73 Å². The molecule has 5 rings (SSSR count). The molecule has 0 spiro atoms. The summed E-state index contributed by atoms with van der Waals surface area (Å²) in [5, 5.41) is 17.3. The molecule has 176 valence electrons. The Morgan fingerprint density at radius 2 is 1.94 bits per heavy atom. The maximum absolute atomic E-state index is 13.2. The summed E-state index contributed by atoms with van der Waals surface area (Å²) in [6.45, 7) is 1.74. The number of aryl methyl sites for hydroxylation is 1. The smallest absolute Gasteiger partial charge is 0.274 e. The number of amides is 1. The standard InChI is InChI=1S/C25H20N10O/c1-14(17-7-10-29-20(13-26)31-17)30-25(36)23-24(27)33-22(19-8-11-35(2)34-19)21(32-23)16-5-6-18-15(12-16)4-3-9-28-18/h3-12,14H,1-2H3,(H2,27,33)(H,30,36). The molecule has 1 unspecified atom stereocenters. The quantitative estimate of drug-likeness (QED) is 0.388. The Morgan fingerprint density at radius 3 is 2.72 bits per heavy atom. The normalized spacial score (nSPS) is 11.7. The van der Waals surface area contributed by atoms with Crippen molar-refractivity contribution in [1.29, 1.82) is 5.26 Å². The molecule has 4 heterocycles. The van der Waals surface area contributed by atoms with E-state index in [1.165, 1.54) is 6.20 Å². The minimum Gasteiger partial charge on any atom is -0.382 e. The number of pyridine rings is 1.